The summed E-state index contributed by atoms with van der Waals surface area (Å²) in [6.45, 7) is 1.93. The van der Waals surface area contributed by atoms with Crippen LogP contribution in [0, 0.1) is 5.92 Å². The van der Waals surface area contributed by atoms with Gasteiger partial charge < -0.3 is 9.64 Å². The Labute approximate surface area is 142 Å². The maximum Gasteiger partial charge on any atom is 0.276 e. The van der Waals surface area contributed by atoms with Gasteiger partial charge in [-0.2, -0.15) is 17.8 Å². The van der Waals surface area contributed by atoms with Gasteiger partial charge in [-0.1, -0.05) is 0 Å². The Morgan fingerprint density at radius 1 is 1.46 bits per heavy atom. The molecular weight excluding hydrogens is 334 g/mol. The number of piperidine rings is 1. The highest BCUT2D eigenvalue weighted by atomic mass is 32.2. The molecule has 2 rings (SSSR count). The Bertz CT molecular complexity index is 652. The first kappa shape index (κ1) is 18.8. The first-order valence-electron chi connectivity index (χ1n) is 7.85. The SMILES string of the molecule is COCCN(Cc1ccnn1C)C(=O)C1CCN(S(N)(=O)=O)CC1. The average Bonchev–Trinajstić information content (AvgIpc) is 2.95. The molecular formula is C14H25N5O4S. The number of carbonyl (C=O) groups is 1. The standard InChI is InChI=1S/C14H25N5O4S/c1-17-13(3-6-16-17)11-18(9-10-23-2)14(20)12-4-7-19(8-5-12)24(15,21)22/h3,6,12H,4-5,7-11H2,1-2H3,(H2,15,21,22). The summed E-state index contributed by atoms with van der Waals surface area (Å²) in [5.41, 5.74) is 0.932. The molecule has 1 aliphatic heterocycles. The number of aromatic nitrogens is 2. The van der Waals surface area contributed by atoms with E-state index < -0.39 is 10.2 Å². The van der Waals surface area contributed by atoms with Gasteiger partial charge >= 0.3 is 0 Å². The van der Waals surface area contributed by atoms with Crippen LogP contribution in [0.3, 0.4) is 0 Å². The van der Waals surface area contributed by atoms with Crippen molar-refractivity contribution in [2.24, 2.45) is 18.1 Å². The fourth-order valence-corrected chi connectivity index (χ4v) is 3.56. The van der Waals surface area contributed by atoms with Crippen LogP contribution in [0.2, 0.25) is 0 Å². The molecule has 0 radical (unpaired) electrons. The lowest BCUT2D eigenvalue weighted by Crippen LogP contribution is -2.46. The fourth-order valence-electron chi connectivity index (χ4n) is 2.84. The van der Waals surface area contributed by atoms with Crippen molar-refractivity contribution in [1.29, 1.82) is 0 Å². The Hall–Kier alpha value is -1.49. The number of nitrogens with two attached hydrogens (primary N) is 1. The van der Waals surface area contributed by atoms with Gasteiger partial charge in [-0.05, 0) is 18.9 Å². The second-order valence-corrected chi connectivity index (χ2v) is 7.46. The number of methoxy groups -OCH3 is 1. The van der Waals surface area contributed by atoms with E-state index in [1.54, 1.807) is 22.9 Å². The van der Waals surface area contributed by atoms with E-state index in [0.717, 1.165) is 5.69 Å². The maximum atomic E-state index is 12.8. The van der Waals surface area contributed by atoms with Gasteiger partial charge in [-0.25, -0.2) is 5.14 Å². The van der Waals surface area contributed by atoms with Crippen molar-refractivity contribution in [3.8, 4) is 0 Å². The third-order valence-corrected chi connectivity index (χ3v) is 5.40. The summed E-state index contributed by atoms with van der Waals surface area (Å²) in [6.07, 6.45) is 2.65. The summed E-state index contributed by atoms with van der Waals surface area (Å²) in [6, 6.07) is 1.87. The number of ether oxygens (including phenoxy) is 1. The quantitative estimate of drug-likeness (QED) is 0.693. The van der Waals surface area contributed by atoms with Gasteiger partial charge in [0.2, 0.25) is 5.91 Å². The zero-order valence-corrected chi connectivity index (χ0v) is 14.9. The zero-order valence-electron chi connectivity index (χ0n) is 14.1. The van der Waals surface area contributed by atoms with Gasteiger partial charge in [0.15, 0.2) is 0 Å². The summed E-state index contributed by atoms with van der Waals surface area (Å²) < 4.78 is 30.8. The Balaban J connectivity index is 2.01. The third kappa shape index (κ3) is 4.76. The van der Waals surface area contributed by atoms with E-state index in [0.29, 0.717) is 32.5 Å². The molecule has 2 heterocycles. The van der Waals surface area contributed by atoms with Gasteiger partial charge in [0.05, 0.1) is 18.8 Å². The lowest BCUT2D eigenvalue weighted by molar-refractivity contribution is -0.138. The molecule has 2 N–H and O–H groups in total. The van der Waals surface area contributed by atoms with E-state index >= 15 is 0 Å². The molecule has 10 heteroatoms. The van der Waals surface area contributed by atoms with Crippen molar-refractivity contribution in [3.05, 3.63) is 18.0 Å². The second kappa shape index (κ2) is 8.06. The number of aryl methyl sites for hydroxylation is 1. The van der Waals surface area contributed by atoms with Crippen molar-refractivity contribution in [2.75, 3.05) is 33.4 Å². The predicted molar refractivity (Wildman–Crippen MR) is 87.9 cm³/mol. The van der Waals surface area contributed by atoms with Crippen molar-refractivity contribution in [3.63, 3.8) is 0 Å². The smallest absolute Gasteiger partial charge is 0.276 e. The lowest BCUT2D eigenvalue weighted by Gasteiger charge is -2.32. The zero-order chi connectivity index (χ0) is 17.7. The third-order valence-electron chi connectivity index (χ3n) is 4.32. The molecule has 1 fully saturated rings. The van der Waals surface area contributed by atoms with Crippen molar-refractivity contribution < 1.29 is 17.9 Å². The van der Waals surface area contributed by atoms with Gasteiger partial charge in [-0.3, -0.25) is 9.48 Å². The van der Waals surface area contributed by atoms with Crippen LogP contribution in [0.25, 0.3) is 0 Å². The molecule has 1 aromatic heterocycles. The number of hydrogen-bond acceptors (Lipinski definition) is 5. The molecule has 0 atom stereocenters. The normalized spacial score (nSPS) is 17.1. The molecule has 1 amide bonds. The summed E-state index contributed by atoms with van der Waals surface area (Å²) in [5, 5.41) is 9.26. The molecule has 0 spiro atoms. The molecule has 1 saturated heterocycles. The van der Waals surface area contributed by atoms with Gasteiger partial charge in [-0.15, -0.1) is 0 Å². The molecule has 0 aliphatic carbocycles. The summed E-state index contributed by atoms with van der Waals surface area (Å²) in [5.74, 6) is -0.185. The maximum absolute atomic E-state index is 12.8. The molecule has 9 nitrogen and oxygen atoms in total. The van der Waals surface area contributed by atoms with Crippen LogP contribution in [0.4, 0.5) is 0 Å². The second-order valence-electron chi connectivity index (χ2n) is 5.92. The van der Waals surface area contributed by atoms with Crippen molar-refractivity contribution in [1.82, 2.24) is 19.0 Å². The molecule has 0 bridgehead atoms. The first-order valence-corrected chi connectivity index (χ1v) is 9.35. The highest BCUT2D eigenvalue weighted by molar-refractivity contribution is 7.86. The topological polar surface area (TPSA) is 111 Å². The van der Waals surface area contributed by atoms with Crippen molar-refractivity contribution >= 4 is 16.1 Å². The number of amides is 1. The van der Waals surface area contributed by atoms with Gasteiger partial charge in [0.25, 0.3) is 10.2 Å². The molecule has 24 heavy (non-hydrogen) atoms. The summed E-state index contributed by atoms with van der Waals surface area (Å²) in [7, 11) is -0.252. The minimum Gasteiger partial charge on any atom is -0.383 e. The van der Waals surface area contributed by atoms with E-state index in [-0.39, 0.29) is 24.9 Å². The number of hydrogen-bond donors (Lipinski definition) is 1. The Morgan fingerprint density at radius 2 is 2.12 bits per heavy atom. The van der Waals surface area contributed by atoms with Crippen LogP contribution in [-0.4, -0.2) is 66.7 Å². The predicted octanol–water partition coefficient (Wildman–Crippen LogP) is -0.689. The van der Waals surface area contributed by atoms with Crippen LogP contribution in [0.5, 0.6) is 0 Å². The van der Waals surface area contributed by atoms with Crippen LogP contribution < -0.4 is 5.14 Å². The number of carbonyl (C=O) groups excluding carboxylic acids is 1. The van der Waals surface area contributed by atoms with Gasteiger partial charge in [0, 0.05) is 45.9 Å². The Morgan fingerprint density at radius 3 is 2.62 bits per heavy atom. The van der Waals surface area contributed by atoms with Crippen LogP contribution in [0.1, 0.15) is 18.5 Å². The molecule has 0 aromatic carbocycles. The van der Waals surface area contributed by atoms with E-state index in [9.17, 15) is 13.2 Å². The minimum absolute atomic E-state index is 0.0160. The minimum atomic E-state index is -3.68. The molecule has 136 valence electrons. The Kier molecular flexibility index (Phi) is 6.33. The van der Waals surface area contributed by atoms with E-state index in [2.05, 4.69) is 5.10 Å². The highest BCUT2D eigenvalue weighted by Crippen LogP contribution is 2.21. The van der Waals surface area contributed by atoms with E-state index in [1.807, 2.05) is 13.1 Å². The first-order chi connectivity index (χ1) is 11.3. The number of nitrogens with zero attached hydrogens (tertiary/aromatic N) is 4. The van der Waals surface area contributed by atoms with Crippen molar-refractivity contribution in [2.45, 2.75) is 19.4 Å². The largest absolute Gasteiger partial charge is 0.383 e. The van der Waals surface area contributed by atoms with Crippen LogP contribution >= 0.6 is 0 Å². The lowest BCUT2D eigenvalue weighted by atomic mass is 9.96. The molecule has 0 saturated carbocycles. The van der Waals surface area contributed by atoms with E-state index in [4.69, 9.17) is 9.88 Å². The fraction of sp³-hybridized carbons (Fsp3) is 0.714. The molecule has 1 aliphatic rings. The average molecular weight is 359 g/mol. The highest BCUT2D eigenvalue weighted by Gasteiger charge is 2.31. The van der Waals surface area contributed by atoms with Gasteiger partial charge in [0.1, 0.15) is 0 Å². The van der Waals surface area contributed by atoms with Crippen LogP contribution in [-0.2, 0) is 33.3 Å². The summed E-state index contributed by atoms with van der Waals surface area (Å²) in [4.78, 5) is 14.6. The van der Waals surface area contributed by atoms with Crippen LogP contribution in [0.15, 0.2) is 12.3 Å². The number of rotatable bonds is 7. The summed E-state index contributed by atoms with van der Waals surface area (Å²) >= 11 is 0. The molecule has 0 unspecified atom stereocenters. The molecule has 1 aromatic rings. The van der Waals surface area contributed by atoms with E-state index in [1.165, 1.54) is 4.31 Å². The monoisotopic (exact) mass is 359 g/mol.